The van der Waals surface area contributed by atoms with Crippen LogP contribution in [0.4, 0.5) is 0 Å². The molecule has 0 radical (unpaired) electrons. The monoisotopic (exact) mass is 351 g/mol. The summed E-state index contributed by atoms with van der Waals surface area (Å²) in [7, 11) is 0. The van der Waals surface area contributed by atoms with E-state index in [1.54, 1.807) is 17.5 Å². The fraction of sp³-hybridized carbons (Fsp3) is 0.167. The van der Waals surface area contributed by atoms with Gasteiger partial charge in [0.05, 0.1) is 11.7 Å². The van der Waals surface area contributed by atoms with Crippen molar-refractivity contribution in [3.8, 4) is 11.4 Å². The van der Waals surface area contributed by atoms with Crippen molar-refractivity contribution in [3.63, 3.8) is 0 Å². The Morgan fingerprint density at radius 3 is 2.92 bits per heavy atom. The average Bonchev–Trinajstić information content (AvgIpc) is 3.31. The molecular formula is C18H17N5OS. The molecule has 0 saturated heterocycles. The van der Waals surface area contributed by atoms with Gasteiger partial charge >= 0.3 is 0 Å². The number of fused-ring (bicyclic) bond motifs is 1. The van der Waals surface area contributed by atoms with E-state index >= 15 is 0 Å². The number of hydrogen-bond acceptors (Lipinski definition) is 4. The van der Waals surface area contributed by atoms with Crippen LogP contribution in [0.3, 0.4) is 0 Å². The summed E-state index contributed by atoms with van der Waals surface area (Å²) < 4.78 is 3.81. The zero-order valence-corrected chi connectivity index (χ0v) is 14.5. The van der Waals surface area contributed by atoms with Crippen molar-refractivity contribution in [2.45, 2.75) is 19.5 Å². The summed E-state index contributed by atoms with van der Waals surface area (Å²) >= 11 is 1.57. The van der Waals surface area contributed by atoms with Crippen LogP contribution in [0.15, 0.2) is 60.5 Å². The molecule has 3 aromatic heterocycles. The molecule has 0 spiro atoms. The fourth-order valence-corrected chi connectivity index (χ4v) is 3.46. The number of rotatable bonds is 5. The molecule has 25 heavy (non-hydrogen) atoms. The van der Waals surface area contributed by atoms with Crippen molar-refractivity contribution < 1.29 is 4.79 Å². The minimum absolute atomic E-state index is 0.0703. The molecule has 0 aliphatic rings. The van der Waals surface area contributed by atoms with Crippen molar-refractivity contribution in [1.29, 1.82) is 0 Å². The number of aromatic nitrogens is 4. The summed E-state index contributed by atoms with van der Waals surface area (Å²) in [6.45, 7) is 2.16. The Hall–Kier alpha value is -2.93. The van der Waals surface area contributed by atoms with Crippen LogP contribution in [0.1, 0.15) is 18.7 Å². The van der Waals surface area contributed by atoms with Crippen molar-refractivity contribution in [3.05, 3.63) is 66.2 Å². The Bertz CT molecular complexity index is 972. The van der Waals surface area contributed by atoms with Crippen LogP contribution < -0.4 is 5.32 Å². The predicted molar refractivity (Wildman–Crippen MR) is 97.3 cm³/mol. The highest BCUT2D eigenvalue weighted by Gasteiger charge is 2.15. The SMILES string of the molecule is CC(NC(=O)Cn1ccnc1-c1ccccc1)c1cn2ccsc2n1. The highest BCUT2D eigenvalue weighted by molar-refractivity contribution is 7.15. The lowest BCUT2D eigenvalue weighted by atomic mass is 10.2. The van der Waals surface area contributed by atoms with Gasteiger partial charge in [-0.25, -0.2) is 9.97 Å². The molecule has 1 N–H and O–H groups in total. The van der Waals surface area contributed by atoms with Crippen molar-refractivity contribution in [2.24, 2.45) is 0 Å². The maximum absolute atomic E-state index is 12.4. The second-order valence-corrected chi connectivity index (χ2v) is 6.67. The van der Waals surface area contributed by atoms with E-state index in [0.29, 0.717) is 0 Å². The summed E-state index contributed by atoms with van der Waals surface area (Å²) in [5.41, 5.74) is 1.84. The van der Waals surface area contributed by atoms with Crippen LogP contribution in [-0.4, -0.2) is 24.8 Å². The molecule has 7 heteroatoms. The fourth-order valence-electron chi connectivity index (χ4n) is 2.75. The number of thiazole rings is 1. The van der Waals surface area contributed by atoms with Gasteiger partial charge in [-0.05, 0) is 6.92 Å². The topological polar surface area (TPSA) is 64.2 Å². The third-order valence-electron chi connectivity index (χ3n) is 3.99. The molecule has 3 heterocycles. The van der Waals surface area contributed by atoms with E-state index in [4.69, 9.17) is 0 Å². The summed E-state index contributed by atoms with van der Waals surface area (Å²) in [4.78, 5) is 22.3. The first-order valence-electron chi connectivity index (χ1n) is 7.99. The molecule has 4 aromatic rings. The zero-order valence-electron chi connectivity index (χ0n) is 13.7. The molecule has 6 nitrogen and oxygen atoms in total. The summed E-state index contributed by atoms with van der Waals surface area (Å²) in [5, 5.41) is 4.99. The largest absolute Gasteiger partial charge is 0.346 e. The summed E-state index contributed by atoms with van der Waals surface area (Å²) in [6.07, 6.45) is 7.44. The third kappa shape index (κ3) is 3.18. The Morgan fingerprint density at radius 1 is 1.28 bits per heavy atom. The Balaban J connectivity index is 1.46. The Kier molecular flexibility index (Phi) is 4.07. The Morgan fingerprint density at radius 2 is 2.12 bits per heavy atom. The second kappa shape index (κ2) is 6.52. The first-order valence-corrected chi connectivity index (χ1v) is 8.86. The quantitative estimate of drug-likeness (QED) is 0.601. The lowest BCUT2D eigenvalue weighted by Crippen LogP contribution is -2.30. The standard InChI is InChI=1S/C18H17N5OS/c1-13(15-11-23-9-10-25-18(23)21-15)20-16(24)12-22-8-7-19-17(22)14-5-3-2-4-6-14/h2-11,13H,12H2,1H3,(H,20,24). The van der Waals surface area contributed by atoms with Crippen LogP contribution in [0.5, 0.6) is 0 Å². The van der Waals surface area contributed by atoms with E-state index in [-0.39, 0.29) is 18.5 Å². The molecule has 1 amide bonds. The maximum atomic E-state index is 12.4. The number of nitrogens with zero attached hydrogens (tertiary/aromatic N) is 4. The van der Waals surface area contributed by atoms with Gasteiger partial charge in [-0.2, -0.15) is 0 Å². The first-order chi connectivity index (χ1) is 12.2. The average molecular weight is 351 g/mol. The number of benzene rings is 1. The number of imidazole rings is 2. The first kappa shape index (κ1) is 15.6. The van der Waals surface area contributed by atoms with Crippen molar-refractivity contribution >= 4 is 22.2 Å². The van der Waals surface area contributed by atoms with Gasteiger partial charge in [0.2, 0.25) is 5.91 Å². The maximum Gasteiger partial charge on any atom is 0.240 e. The lowest BCUT2D eigenvalue weighted by molar-refractivity contribution is -0.122. The van der Waals surface area contributed by atoms with Gasteiger partial charge in [0.1, 0.15) is 12.4 Å². The molecule has 1 atom stereocenters. The molecule has 0 fully saturated rings. The van der Waals surface area contributed by atoms with Crippen LogP contribution in [0.25, 0.3) is 16.3 Å². The molecule has 126 valence electrons. The molecule has 0 aliphatic heterocycles. The van der Waals surface area contributed by atoms with E-state index in [2.05, 4.69) is 15.3 Å². The van der Waals surface area contributed by atoms with Gasteiger partial charge in [0.25, 0.3) is 0 Å². The van der Waals surface area contributed by atoms with Crippen molar-refractivity contribution in [2.75, 3.05) is 0 Å². The Labute approximate surface area is 148 Å². The molecule has 1 aromatic carbocycles. The number of nitrogens with one attached hydrogen (secondary N) is 1. The van der Waals surface area contributed by atoms with Gasteiger partial charge in [0, 0.05) is 35.7 Å². The van der Waals surface area contributed by atoms with E-state index < -0.39 is 0 Å². The molecule has 4 rings (SSSR count). The number of carbonyl (C=O) groups is 1. The second-order valence-electron chi connectivity index (χ2n) is 5.79. The van der Waals surface area contributed by atoms with Crippen LogP contribution in [0.2, 0.25) is 0 Å². The zero-order chi connectivity index (χ0) is 17.2. The highest BCUT2D eigenvalue weighted by atomic mass is 32.1. The van der Waals surface area contributed by atoms with Gasteiger partial charge < -0.3 is 9.88 Å². The van der Waals surface area contributed by atoms with Gasteiger partial charge in [-0.15, -0.1) is 11.3 Å². The predicted octanol–water partition coefficient (Wildman–Crippen LogP) is 3.14. The van der Waals surface area contributed by atoms with E-state index in [0.717, 1.165) is 22.0 Å². The minimum atomic E-state index is -0.150. The van der Waals surface area contributed by atoms with Crippen molar-refractivity contribution in [1.82, 2.24) is 24.3 Å². The molecule has 1 unspecified atom stereocenters. The summed E-state index contributed by atoms with van der Waals surface area (Å²) in [6, 6.07) is 9.69. The van der Waals surface area contributed by atoms with Gasteiger partial charge in [-0.3, -0.25) is 9.20 Å². The third-order valence-corrected chi connectivity index (χ3v) is 4.77. The summed E-state index contributed by atoms with van der Waals surface area (Å²) in [5.74, 6) is 0.713. The van der Waals surface area contributed by atoms with E-state index in [1.807, 2.05) is 70.2 Å². The number of amides is 1. The molecule has 0 aliphatic carbocycles. The van der Waals surface area contributed by atoms with Gasteiger partial charge in [-0.1, -0.05) is 30.3 Å². The minimum Gasteiger partial charge on any atom is -0.346 e. The number of carbonyl (C=O) groups excluding carboxylic acids is 1. The van der Waals surface area contributed by atoms with E-state index in [1.165, 1.54) is 0 Å². The molecule has 0 bridgehead atoms. The van der Waals surface area contributed by atoms with Crippen LogP contribution in [-0.2, 0) is 11.3 Å². The smallest absolute Gasteiger partial charge is 0.240 e. The number of hydrogen-bond donors (Lipinski definition) is 1. The van der Waals surface area contributed by atoms with E-state index in [9.17, 15) is 4.79 Å². The van der Waals surface area contributed by atoms with Crippen LogP contribution >= 0.6 is 11.3 Å². The van der Waals surface area contributed by atoms with Crippen LogP contribution in [0, 0.1) is 0 Å². The normalized spacial score (nSPS) is 12.4. The van der Waals surface area contributed by atoms with Gasteiger partial charge in [0.15, 0.2) is 4.96 Å². The molecule has 0 saturated carbocycles. The lowest BCUT2D eigenvalue weighted by Gasteiger charge is -2.13. The molecular weight excluding hydrogens is 334 g/mol. The highest BCUT2D eigenvalue weighted by Crippen LogP contribution is 2.18.